The molecule has 0 saturated heterocycles. The first kappa shape index (κ1) is 8.23. The van der Waals surface area contributed by atoms with Crippen LogP contribution in [0.25, 0.3) is 16.7 Å². The maximum absolute atomic E-state index is 11.6. The highest BCUT2D eigenvalue weighted by Gasteiger charge is 2.04. The first-order valence-corrected chi connectivity index (χ1v) is 4.72. The summed E-state index contributed by atoms with van der Waals surface area (Å²) in [5, 5.41) is 0. The molecule has 3 heterocycles. The van der Waals surface area contributed by atoms with Crippen LogP contribution in [0.15, 0.2) is 35.3 Å². The summed E-state index contributed by atoms with van der Waals surface area (Å²) in [5.74, 6) is 0. The van der Waals surface area contributed by atoms with Crippen LogP contribution in [0, 0.1) is 6.92 Å². The van der Waals surface area contributed by atoms with E-state index in [2.05, 4.69) is 9.97 Å². The van der Waals surface area contributed by atoms with Crippen LogP contribution in [0.3, 0.4) is 0 Å². The Hall–Kier alpha value is -2.10. The van der Waals surface area contributed by atoms with Gasteiger partial charge in [-0.05, 0) is 31.2 Å². The largest absolute Gasteiger partial charge is 0.318 e. The second-order valence-corrected chi connectivity index (χ2v) is 3.54. The van der Waals surface area contributed by atoms with Crippen LogP contribution >= 0.6 is 0 Å². The third kappa shape index (κ3) is 1.08. The van der Waals surface area contributed by atoms with Crippen molar-refractivity contribution in [2.24, 2.45) is 0 Å². The predicted molar refractivity (Wildman–Crippen MR) is 58.1 cm³/mol. The summed E-state index contributed by atoms with van der Waals surface area (Å²) in [4.78, 5) is 18.9. The quantitative estimate of drug-likeness (QED) is 0.596. The molecule has 4 heteroatoms. The van der Waals surface area contributed by atoms with Crippen molar-refractivity contribution in [1.82, 2.24) is 14.4 Å². The van der Waals surface area contributed by atoms with Gasteiger partial charge in [0.05, 0.1) is 5.52 Å². The first-order valence-electron chi connectivity index (χ1n) is 4.72. The van der Waals surface area contributed by atoms with Gasteiger partial charge in [0, 0.05) is 11.9 Å². The van der Waals surface area contributed by atoms with E-state index in [4.69, 9.17) is 0 Å². The van der Waals surface area contributed by atoms with Gasteiger partial charge in [-0.15, -0.1) is 0 Å². The van der Waals surface area contributed by atoms with E-state index in [1.54, 1.807) is 10.5 Å². The van der Waals surface area contributed by atoms with Crippen LogP contribution in [-0.2, 0) is 0 Å². The number of hydrogen-bond donors (Lipinski definition) is 1. The van der Waals surface area contributed by atoms with Gasteiger partial charge in [0.1, 0.15) is 5.52 Å². The third-order valence-corrected chi connectivity index (χ3v) is 2.47. The van der Waals surface area contributed by atoms with Crippen molar-refractivity contribution >= 4 is 16.7 Å². The Kier molecular flexibility index (Phi) is 1.48. The molecule has 3 aromatic heterocycles. The summed E-state index contributed by atoms with van der Waals surface area (Å²) in [6.07, 6.45) is 1.85. The van der Waals surface area contributed by atoms with E-state index < -0.39 is 0 Å². The normalized spacial score (nSPS) is 11.3. The van der Waals surface area contributed by atoms with E-state index in [0.717, 1.165) is 16.9 Å². The van der Waals surface area contributed by atoms with Crippen molar-refractivity contribution < 1.29 is 0 Å². The number of aromatic nitrogens is 3. The van der Waals surface area contributed by atoms with E-state index in [1.165, 1.54) is 0 Å². The Morgan fingerprint density at radius 1 is 1.33 bits per heavy atom. The molecule has 0 atom stereocenters. The molecule has 0 fully saturated rings. The molecule has 0 aliphatic rings. The highest BCUT2D eigenvalue weighted by molar-refractivity contribution is 5.74. The molecule has 74 valence electrons. The molecule has 0 saturated carbocycles. The number of aryl methyl sites for hydroxylation is 1. The fourth-order valence-corrected chi connectivity index (χ4v) is 1.76. The van der Waals surface area contributed by atoms with Gasteiger partial charge in [0.2, 0.25) is 0 Å². The van der Waals surface area contributed by atoms with Crippen molar-refractivity contribution in [2.45, 2.75) is 6.92 Å². The summed E-state index contributed by atoms with van der Waals surface area (Å²) in [7, 11) is 0. The molecule has 0 bridgehead atoms. The van der Waals surface area contributed by atoms with Gasteiger partial charge in [-0.3, -0.25) is 9.20 Å². The summed E-state index contributed by atoms with van der Waals surface area (Å²) < 4.78 is 1.81. The fraction of sp³-hybridized carbons (Fsp3) is 0.0909. The fourth-order valence-electron chi connectivity index (χ4n) is 1.76. The van der Waals surface area contributed by atoms with Gasteiger partial charge in [0.15, 0.2) is 5.65 Å². The van der Waals surface area contributed by atoms with Gasteiger partial charge in [0.25, 0.3) is 5.56 Å². The second-order valence-electron chi connectivity index (χ2n) is 3.54. The van der Waals surface area contributed by atoms with Crippen molar-refractivity contribution in [3.63, 3.8) is 0 Å². The molecule has 0 amide bonds. The molecular formula is C11H9N3O. The molecule has 3 rings (SSSR count). The highest BCUT2D eigenvalue weighted by atomic mass is 16.1. The van der Waals surface area contributed by atoms with Crippen LogP contribution < -0.4 is 5.56 Å². The maximum atomic E-state index is 11.6. The van der Waals surface area contributed by atoms with Crippen LogP contribution in [0.5, 0.6) is 0 Å². The Bertz CT molecular complexity index is 708. The average Bonchev–Trinajstić information content (AvgIpc) is 2.69. The lowest BCUT2D eigenvalue weighted by Gasteiger charge is -2.02. The molecule has 0 spiro atoms. The standard InChI is InChI=1S/C11H9N3O/c1-7-4-5-8-10(12-7)14-6-2-3-9(14)11(15)13-8/h2-6H,1H3,(H,13,15). The highest BCUT2D eigenvalue weighted by Crippen LogP contribution is 2.10. The molecule has 15 heavy (non-hydrogen) atoms. The Balaban J connectivity index is 2.67. The summed E-state index contributed by atoms with van der Waals surface area (Å²) in [5.41, 5.74) is 3.02. The molecule has 0 aliphatic heterocycles. The minimum absolute atomic E-state index is 0.0850. The van der Waals surface area contributed by atoms with Gasteiger partial charge < -0.3 is 4.98 Å². The van der Waals surface area contributed by atoms with Crippen LogP contribution in [0.2, 0.25) is 0 Å². The maximum Gasteiger partial charge on any atom is 0.272 e. The number of pyridine rings is 1. The molecular weight excluding hydrogens is 190 g/mol. The molecule has 0 aliphatic carbocycles. The Labute approximate surface area is 85.2 Å². The second kappa shape index (κ2) is 2.70. The number of fused-ring (bicyclic) bond motifs is 3. The van der Waals surface area contributed by atoms with E-state index in [1.807, 2.05) is 31.3 Å². The summed E-state index contributed by atoms with van der Waals surface area (Å²) in [6, 6.07) is 7.38. The smallest absolute Gasteiger partial charge is 0.272 e. The van der Waals surface area contributed by atoms with Gasteiger partial charge >= 0.3 is 0 Å². The van der Waals surface area contributed by atoms with Gasteiger partial charge in [-0.2, -0.15) is 0 Å². The van der Waals surface area contributed by atoms with E-state index in [9.17, 15) is 4.79 Å². The average molecular weight is 199 g/mol. The van der Waals surface area contributed by atoms with Crippen molar-refractivity contribution in [2.75, 3.05) is 0 Å². The zero-order valence-electron chi connectivity index (χ0n) is 8.19. The minimum atomic E-state index is -0.0850. The number of nitrogens with one attached hydrogen (secondary N) is 1. The van der Waals surface area contributed by atoms with Crippen LogP contribution in [0.4, 0.5) is 0 Å². The number of hydrogen-bond acceptors (Lipinski definition) is 2. The molecule has 1 N–H and O–H groups in total. The number of rotatable bonds is 0. The topological polar surface area (TPSA) is 50.2 Å². The molecule has 4 nitrogen and oxygen atoms in total. The van der Waals surface area contributed by atoms with Crippen LogP contribution in [-0.4, -0.2) is 14.4 Å². The van der Waals surface area contributed by atoms with Crippen molar-refractivity contribution in [1.29, 1.82) is 0 Å². The van der Waals surface area contributed by atoms with Crippen LogP contribution in [0.1, 0.15) is 5.69 Å². The SMILES string of the molecule is Cc1ccc2[nH]c(=O)c3cccn3c2n1. The zero-order valence-corrected chi connectivity index (χ0v) is 8.19. The van der Waals surface area contributed by atoms with E-state index in [-0.39, 0.29) is 5.56 Å². The number of nitrogens with zero attached hydrogens (tertiary/aromatic N) is 2. The predicted octanol–water partition coefficient (Wildman–Crippen LogP) is 1.48. The number of H-pyrrole nitrogens is 1. The minimum Gasteiger partial charge on any atom is -0.318 e. The van der Waals surface area contributed by atoms with Gasteiger partial charge in [-0.1, -0.05) is 0 Å². The van der Waals surface area contributed by atoms with Crippen molar-refractivity contribution in [3.8, 4) is 0 Å². The lowest BCUT2D eigenvalue weighted by atomic mass is 10.3. The lowest BCUT2D eigenvalue weighted by molar-refractivity contribution is 1.11. The lowest BCUT2D eigenvalue weighted by Crippen LogP contribution is -2.10. The molecule has 0 radical (unpaired) electrons. The molecule has 0 unspecified atom stereocenters. The monoisotopic (exact) mass is 199 g/mol. The van der Waals surface area contributed by atoms with E-state index >= 15 is 0 Å². The van der Waals surface area contributed by atoms with E-state index in [0.29, 0.717) is 5.52 Å². The summed E-state index contributed by atoms with van der Waals surface area (Å²) in [6.45, 7) is 1.93. The number of aromatic amines is 1. The Morgan fingerprint density at radius 3 is 3.07 bits per heavy atom. The molecule has 0 aromatic carbocycles. The summed E-state index contributed by atoms with van der Waals surface area (Å²) >= 11 is 0. The first-order chi connectivity index (χ1) is 7.25. The third-order valence-electron chi connectivity index (χ3n) is 2.47. The van der Waals surface area contributed by atoms with Gasteiger partial charge in [-0.25, -0.2) is 4.98 Å². The zero-order chi connectivity index (χ0) is 10.4. The molecule has 3 aromatic rings. The van der Waals surface area contributed by atoms with Crippen molar-refractivity contribution in [3.05, 3.63) is 46.5 Å². The Morgan fingerprint density at radius 2 is 2.20 bits per heavy atom.